The molecule has 4 nitrogen and oxygen atoms in total. The molecule has 17 heavy (non-hydrogen) atoms. The zero-order valence-electron chi connectivity index (χ0n) is 9.04. The molecule has 1 fully saturated rings. The molecular formula is C11H10F2N2O2. The average molecular weight is 240 g/mol. The summed E-state index contributed by atoms with van der Waals surface area (Å²) in [6.07, 6.45) is 0. The summed E-state index contributed by atoms with van der Waals surface area (Å²) in [7, 11) is 0. The van der Waals surface area contributed by atoms with Gasteiger partial charge in [0.25, 0.3) is 0 Å². The van der Waals surface area contributed by atoms with E-state index >= 15 is 0 Å². The molecule has 1 saturated heterocycles. The van der Waals surface area contributed by atoms with Crippen LogP contribution in [0.15, 0.2) is 18.2 Å². The van der Waals surface area contributed by atoms with Crippen molar-refractivity contribution in [3.8, 4) is 0 Å². The van der Waals surface area contributed by atoms with Crippen LogP contribution < -0.4 is 10.2 Å². The van der Waals surface area contributed by atoms with Crippen molar-refractivity contribution in [1.29, 1.82) is 0 Å². The Morgan fingerprint density at radius 3 is 2.76 bits per heavy atom. The van der Waals surface area contributed by atoms with E-state index in [1.807, 2.05) is 0 Å². The Labute approximate surface area is 96.2 Å². The number of hydrogen-bond acceptors (Lipinski definition) is 2. The smallest absolute Gasteiger partial charge is 0.249 e. The molecule has 0 radical (unpaired) electrons. The van der Waals surface area contributed by atoms with E-state index in [0.29, 0.717) is 0 Å². The number of nitrogens with zero attached hydrogens (tertiary/aromatic N) is 1. The van der Waals surface area contributed by atoms with Crippen LogP contribution in [-0.4, -0.2) is 24.4 Å². The van der Waals surface area contributed by atoms with Gasteiger partial charge in [0, 0.05) is 0 Å². The summed E-state index contributed by atoms with van der Waals surface area (Å²) in [5.41, 5.74) is -0.211. The molecule has 0 aromatic heterocycles. The standard InChI is InChI=1S/C11H10F2N2O2/c1-6-11(17)15(5-9(16)14-6)8-4-2-3-7(12)10(8)13/h2-4,6H,5H2,1H3,(H,14,16). The fourth-order valence-electron chi connectivity index (χ4n) is 1.71. The minimum atomic E-state index is -1.12. The highest BCUT2D eigenvalue weighted by molar-refractivity contribution is 6.06. The predicted octanol–water partition coefficient (Wildman–Crippen LogP) is 0.816. The van der Waals surface area contributed by atoms with E-state index < -0.39 is 29.5 Å². The molecule has 1 aromatic rings. The van der Waals surface area contributed by atoms with Crippen LogP contribution in [0.1, 0.15) is 6.92 Å². The summed E-state index contributed by atoms with van der Waals surface area (Å²) in [4.78, 5) is 24.0. The van der Waals surface area contributed by atoms with Gasteiger partial charge in [-0.1, -0.05) is 6.07 Å². The molecule has 1 aliphatic heterocycles. The van der Waals surface area contributed by atoms with Crippen LogP contribution in [0.3, 0.4) is 0 Å². The first-order chi connectivity index (χ1) is 8.00. The molecule has 1 unspecified atom stereocenters. The molecular weight excluding hydrogens is 230 g/mol. The Hall–Kier alpha value is -1.98. The third kappa shape index (κ3) is 1.98. The highest BCUT2D eigenvalue weighted by atomic mass is 19.2. The van der Waals surface area contributed by atoms with Crippen LogP contribution in [0.4, 0.5) is 14.5 Å². The highest BCUT2D eigenvalue weighted by Gasteiger charge is 2.32. The van der Waals surface area contributed by atoms with Crippen LogP contribution in [0.5, 0.6) is 0 Å². The van der Waals surface area contributed by atoms with Crippen molar-refractivity contribution in [2.24, 2.45) is 0 Å². The Balaban J connectivity index is 2.41. The number of carbonyl (C=O) groups is 2. The molecule has 0 aliphatic carbocycles. The number of hydrogen-bond donors (Lipinski definition) is 1. The van der Waals surface area contributed by atoms with Crippen molar-refractivity contribution < 1.29 is 18.4 Å². The van der Waals surface area contributed by atoms with E-state index in [2.05, 4.69) is 5.32 Å². The number of halogens is 2. The lowest BCUT2D eigenvalue weighted by Gasteiger charge is -2.30. The molecule has 1 atom stereocenters. The largest absolute Gasteiger partial charge is 0.343 e. The van der Waals surface area contributed by atoms with Crippen LogP contribution in [0.2, 0.25) is 0 Å². The monoisotopic (exact) mass is 240 g/mol. The number of piperazine rings is 1. The molecule has 0 bridgehead atoms. The first kappa shape index (κ1) is 11.5. The Morgan fingerprint density at radius 1 is 1.35 bits per heavy atom. The minimum absolute atomic E-state index is 0.211. The Kier molecular flexibility index (Phi) is 2.79. The van der Waals surface area contributed by atoms with Gasteiger partial charge in [0.05, 0.1) is 5.69 Å². The average Bonchev–Trinajstić information content (AvgIpc) is 2.27. The summed E-state index contributed by atoms with van der Waals surface area (Å²) < 4.78 is 26.6. The van der Waals surface area contributed by atoms with Gasteiger partial charge in [0.1, 0.15) is 12.6 Å². The second kappa shape index (κ2) is 4.12. The van der Waals surface area contributed by atoms with Gasteiger partial charge >= 0.3 is 0 Å². The number of carbonyl (C=O) groups excluding carboxylic acids is 2. The molecule has 0 saturated carbocycles. The molecule has 2 rings (SSSR count). The van der Waals surface area contributed by atoms with E-state index in [1.54, 1.807) is 0 Å². The summed E-state index contributed by atoms with van der Waals surface area (Å²) in [5.74, 6) is -3.04. The molecule has 1 N–H and O–H groups in total. The zero-order valence-corrected chi connectivity index (χ0v) is 9.04. The van der Waals surface area contributed by atoms with Crippen molar-refractivity contribution in [2.45, 2.75) is 13.0 Å². The molecule has 2 amide bonds. The van der Waals surface area contributed by atoms with Gasteiger partial charge in [0.2, 0.25) is 11.8 Å². The Morgan fingerprint density at radius 2 is 2.06 bits per heavy atom. The van der Waals surface area contributed by atoms with Gasteiger partial charge in [-0.2, -0.15) is 0 Å². The van der Waals surface area contributed by atoms with E-state index in [9.17, 15) is 18.4 Å². The van der Waals surface area contributed by atoms with Crippen molar-refractivity contribution in [3.05, 3.63) is 29.8 Å². The van der Waals surface area contributed by atoms with Gasteiger partial charge in [-0.05, 0) is 19.1 Å². The van der Waals surface area contributed by atoms with Gasteiger partial charge in [-0.25, -0.2) is 8.78 Å². The normalized spacial score (nSPS) is 20.4. The molecule has 1 aliphatic rings. The fraction of sp³-hybridized carbons (Fsp3) is 0.273. The van der Waals surface area contributed by atoms with E-state index in [-0.39, 0.29) is 12.2 Å². The number of rotatable bonds is 1. The number of nitrogens with one attached hydrogen (secondary N) is 1. The topological polar surface area (TPSA) is 49.4 Å². The third-order valence-corrected chi connectivity index (χ3v) is 2.54. The number of anilines is 1. The van der Waals surface area contributed by atoms with Gasteiger partial charge in [-0.3, -0.25) is 14.5 Å². The lowest BCUT2D eigenvalue weighted by atomic mass is 10.1. The van der Waals surface area contributed by atoms with Crippen LogP contribution in [0.25, 0.3) is 0 Å². The molecule has 1 aromatic carbocycles. The van der Waals surface area contributed by atoms with E-state index in [4.69, 9.17) is 0 Å². The number of amides is 2. The van der Waals surface area contributed by atoms with Crippen LogP contribution >= 0.6 is 0 Å². The van der Waals surface area contributed by atoms with Gasteiger partial charge in [0.15, 0.2) is 11.6 Å². The van der Waals surface area contributed by atoms with E-state index in [1.165, 1.54) is 19.1 Å². The molecule has 1 heterocycles. The molecule has 90 valence electrons. The lowest BCUT2D eigenvalue weighted by Crippen LogP contribution is -2.57. The quantitative estimate of drug-likeness (QED) is 0.790. The second-order valence-electron chi connectivity index (χ2n) is 3.79. The summed E-state index contributed by atoms with van der Waals surface area (Å²) in [6, 6.07) is 2.77. The maximum atomic E-state index is 13.5. The molecule has 6 heteroatoms. The Bertz CT molecular complexity index is 490. The highest BCUT2D eigenvalue weighted by Crippen LogP contribution is 2.23. The minimum Gasteiger partial charge on any atom is -0.343 e. The maximum Gasteiger partial charge on any atom is 0.249 e. The van der Waals surface area contributed by atoms with Crippen LogP contribution in [0, 0.1) is 11.6 Å². The lowest BCUT2D eigenvalue weighted by molar-refractivity contribution is -0.130. The van der Waals surface area contributed by atoms with Crippen molar-refractivity contribution in [3.63, 3.8) is 0 Å². The van der Waals surface area contributed by atoms with Crippen molar-refractivity contribution in [1.82, 2.24) is 5.32 Å². The summed E-state index contributed by atoms with van der Waals surface area (Å²) in [6.45, 7) is 1.19. The summed E-state index contributed by atoms with van der Waals surface area (Å²) >= 11 is 0. The molecule has 0 spiro atoms. The maximum absolute atomic E-state index is 13.5. The predicted molar refractivity (Wildman–Crippen MR) is 56.3 cm³/mol. The van der Waals surface area contributed by atoms with E-state index in [0.717, 1.165) is 11.0 Å². The van der Waals surface area contributed by atoms with Crippen molar-refractivity contribution in [2.75, 3.05) is 11.4 Å². The summed E-state index contributed by atoms with van der Waals surface area (Å²) in [5, 5.41) is 2.42. The third-order valence-electron chi connectivity index (χ3n) is 2.54. The van der Waals surface area contributed by atoms with Gasteiger partial charge in [-0.15, -0.1) is 0 Å². The first-order valence-corrected chi connectivity index (χ1v) is 5.05. The fourth-order valence-corrected chi connectivity index (χ4v) is 1.71. The SMILES string of the molecule is CC1NC(=O)CN(c2cccc(F)c2F)C1=O. The first-order valence-electron chi connectivity index (χ1n) is 5.05. The zero-order chi connectivity index (χ0) is 12.6. The van der Waals surface area contributed by atoms with Crippen molar-refractivity contribution >= 4 is 17.5 Å². The second-order valence-corrected chi connectivity index (χ2v) is 3.79. The number of benzene rings is 1. The van der Waals surface area contributed by atoms with Gasteiger partial charge < -0.3 is 5.32 Å². The van der Waals surface area contributed by atoms with Crippen LogP contribution in [-0.2, 0) is 9.59 Å².